The summed E-state index contributed by atoms with van der Waals surface area (Å²) in [6, 6.07) is 10.3. The first-order valence-electron chi connectivity index (χ1n) is 6.61. The lowest BCUT2D eigenvalue weighted by atomic mass is 10.1. The monoisotopic (exact) mass is 271 g/mol. The number of hydrogen-bond donors (Lipinski definition) is 1. The smallest absolute Gasteiger partial charge is 0.212 e. The zero-order valence-electron chi connectivity index (χ0n) is 12.5. The second-order valence-corrected chi connectivity index (χ2v) is 4.96. The molecule has 0 unspecified atom stereocenters. The van der Waals surface area contributed by atoms with Crippen molar-refractivity contribution >= 4 is 11.4 Å². The van der Waals surface area contributed by atoms with Crippen LogP contribution >= 0.6 is 0 Å². The van der Waals surface area contributed by atoms with Crippen LogP contribution < -0.4 is 15.0 Å². The second-order valence-electron chi connectivity index (χ2n) is 4.96. The van der Waals surface area contributed by atoms with Gasteiger partial charge in [-0.3, -0.25) is 0 Å². The van der Waals surface area contributed by atoms with E-state index in [4.69, 9.17) is 4.74 Å². The Balaban J connectivity index is 2.03. The Bertz CT molecular complexity index is 564. The van der Waals surface area contributed by atoms with Gasteiger partial charge in [0.05, 0.1) is 7.11 Å². The van der Waals surface area contributed by atoms with Gasteiger partial charge in [0, 0.05) is 44.3 Å². The average Bonchev–Trinajstić information content (AvgIpc) is 2.46. The number of nitrogens with zero attached hydrogens (tertiary/aromatic N) is 2. The third kappa shape index (κ3) is 3.41. The molecule has 0 atom stereocenters. The lowest BCUT2D eigenvalue weighted by molar-refractivity contribution is 0.397. The molecule has 4 nitrogen and oxygen atoms in total. The Hall–Kier alpha value is -2.23. The second kappa shape index (κ2) is 6.28. The van der Waals surface area contributed by atoms with Crippen molar-refractivity contribution in [3.05, 3.63) is 47.7 Å². The van der Waals surface area contributed by atoms with Crippen LogP contribution in [0.1, 0.15) is 11.1 Å². The fraction of sp³-hybridized carbons (Fsp3) is 0.312. The van der Waals surface area contributed by atoms with Crippen LogP contribution in [0.4, 0.5) is 11.4 Å². The molecule has 0 saturated carbocycles. The van der Waals surface area contributed by atoms with Crippen molar-refractivity contribution in [2.24, 2.45) is 0 Å². The number of aryl methyl sites for hydroxylation is 1. The number of anilines is 2. The fourth-order valence-electron chi connectivity index (χ4n) is 1.96. The maximum Gasteiger partial charge on any atom is 0.212 e. The molecule has 0 amide bonds. The zero-order chi connectivity index (χ0) is 14.5. The summed E-state index contributed by atoms with van der Waals surface area (Å²) in [5.74, 6) is 0.639. The summed E-state index contributed by atoms with van der Waals surface area (Å²) in [5, 5.41) is 3.43. The summed E-state index contributed by atoms with van der Waals surface area (Å²) < 4.78 is 5.05. The summed E-state index contributed by atoms with van der Waals surface area (Å²) in [5.41, 5.74) is 4.71. The van der Waals surface area contributed by atoms with Crippen LogP contribution in [0, 0.1) is 6.92 Å². The standard InChI is InChI=1S/C16H21N3O/c1-12-9-14(19(2)3)6-7-15(12)17-10-13-5-8-16(20-4)18-11-13/h5-9,11,17H,10H2,1-4H3. The van der Waals surface area contributed by atoms with Gasteiger partial charge in [-0.1, -0.05) is 6.07 Å². The summed E-state index contributed by atoms with van der Waals surface area (Å²) in [4.78, 5) is 6.30. The van der Waals surface area contributed by atoms with Gasteiger partial charge in [0.2, 0.25) is 5.88 Å². The van der Waals surface area contributed by atoms with Crippen molar-refractivity contribution in [1.29, 1.82) is 0 Å². The van der Waals surface area contributed by atoms with Crippen molar-refractivity contribution in [2.45, 2.75) is 13.5 Å². The van der Waals surface area contributed by atoms with Gasteiger partial charge in [0.15, 0.2) is 0 Å². The van der Waals surface area contributed by atoms with Gasteiger partial charge in [-0.2, -0.15) is 0 Å². The number of pyridine rings is 1. The normalized spacial score (nSPS) is 10.2. The molecular formula is C16H21N3O. The van der Waals surface area contributed by atoms with E-state index in [1.807, 2.05) is 32.4 Å². The molecule has 0 aliphatic carbocycles. The van der Waals surface area contributed by atoms with Crippen LogP contribution in [-0.4, -0.2) is 26.2 Å². The molecule has 1 aromatic carbocycles. The van der Waals surface area contributed by atoms with E-state index in [0.717, 1.165) is 17.8 Å². The van der Waals surface area contributed by atoms with Crippen LogP contribution in [0.25, 0.3) is 0 Å². The molecule has 0 bridgehead atoms. The maximum atomic E-state index is 5.05. The van der Waals surface area contributed by atoms with E-state index in [9.17, 15) is 0 Å². The summed E-state index contributed by atoms with van der Waals surface area (Å²) in [7, 11) is 5.71. The molecule has 0 fully saturated rings. The Morgan fingerprint density at radius 1 is 1.20 bits per heavy atom. The first-order chi connectivity index (χ1) is 9.60. The van der Waals surface area contributed by atoms with Gasteiger partial charge >= 0.3 is 0 Å². The Kier molecular flexibility index (Phi) is 4.45. The first kappa shape index (κ1) is 14.2. The quantitative estimate of drug-likeness (QED) is 0.907. The summed E-state index contributed by atoms with van der Waals surface area (Å²) >= 11 is 0. The molecule has 0 spiro atoms. The predicted octanol–water partition coefficient (Wildman–Crippen LogP) is 3.08. The molecule has 20 heavy (non-hydrogen) atoms. The lowest BCUT2D eigenvalue weighted by Crippen LogP contribution is -2.09. The van der Waals surface area contributed by atoms with Gasteiger partial charge < -0.3 is 15.0 Å². The molecule has 0 radical (unpaired) electrons. The van der Waals surface area contributed by atoms with E-state index >= 15 is 0 Å². The molecule has 0 aliphatic heterocycles. The summed E-state index contributed by atoms with van der Waals surface area (Å²) in [6.45, 7) is 2.86. The Labute approximate surface area is 120 Å². The number of methoxy groups -OCH3 is 1. The van der Waals surface area contributed by atoms with Crippen molar-refractivity contribution in [2.75, 3.05) is 31.4 Å². The van der Waals surface area contributed by atoms with Crippen molar-refractivity contribution in [3.8, 4) is 5.88 Å². The van der Waals surface area contributed by atoms with Gasteiger partial charge in [-0.25, -0.2) is 4.98 Å². The molecule has 2 aromatic rings. The van der Waals surface area contributed by atoms with Crippen molar-refractivity contribution in [1.82, 2.24) is 4.98 Å². The minimum absolute atomic E-state index is 0.639. The van der Waals surface area contributed by atoms with E-state index in [2.05, 4.69) is 40.3 Å². The number of ether oxygens (including phenoxy) is 1. The van der Waals surface area contributed by atoms with Crippen LogP contribution in [0.3, 0.4) is 0 Å². The molecule has 0 aliphatic rings. The van der Waals surface area contributed by atoms with Gasteiger partial charge in [-0.15, -0.1) is 0 Å². The van der Waals surface area contributed by atoms with Gasteiger partial charge in [-0.05, 0) is 36.2 Å². The molecule has 106 valence electrons. The van der Waals surface area contributed by atoms with E-state index in [0.29, 0.717) is 5.88 Å². The van der Waals surface area contributed by atoms with Crippen LogP contribution in [0.5, 0.6) is 5.88 Å². The average molecular weight is 271 g/mol. The van der Waals surface area contributed by atoms with Crippen molar-refractivity contribution in [3.63, 3.8) is 0 Å². The van der Waals surface area contributed by atoms with E-state index < -0.39 is 0 Å². The molecule has 4 heteroatoms. The fourth-order valence-corrected chi connectivity index (χ4v) is 1.96. The topological polar surface area (TPSA) is 37.4 Å². The third-order valence-electron chi connectivity index (χ3n) is 3.22. The van der Waals surface area contributed by atoms with E-state index in [1.165, 1.54) is 11.3 Å². The highest BCUT2D eigenvalue weighted by Gasteiger charge is 2.02. The number of nitrogens with one attached hydrogen (secondary N) is 1. The third-order valence-corrected chi connectivity index (χ3v) is 3.22. The molecule has 1 heterocycles. The minimum Gasteiger partial charge on any atom is -0.481 e. The highest BCUT2D eigenvalue weighted by molar-refractivity contribution is 5.59. The Morgan fingerprint density at radius 3 is 2.55 bits per heavy atom. The number of hydrogen-bond acceptors (Lipinski definition) is 4. The lowest BCUT2D eigenvalue weighted by Gasteiger charge is -2.16. The number of rotatable bonds is 5. The first-order valence-corrected chi connectivity index (χ1v) is 6.61. The number of aromatic nitrogens is 1. The summed E-state index contributed by atoms with van der Waals surface area (Å²) in [6.07, 6.45) is 1.83. The predicted molar refractivity (Wildman–Crippen MR) is 83.6 cm³/mol. The molecule has 0 saturated heterocycles. The molecule has 1 aromatic heterocycles. The molecule has 1 N–H and O–H groups in total. The van der Waals surface area contributed by atoms with Crippen LogP contribution in [0.2, 0.25) is 0 Å². The van der Waals surface area contributed by atoms with E-state index in [-0.39, 0.29) is 0 Å². The largest absolute Gasteiger partial charge is 0.481 e. The van der Waals surface area contributed by atoms with E-state index in [1.54, 1.807) is 7.11 Å². The Morgan fingerprint density at radius 2 is 2.00 bits per heavy atom. The zero-order valence-corrected chi connectivity index (χ0v) is 12.5. The SMILES string of the molecule is COc1ccc(CNc2ccc(N(C)C)cc2C)cn1. The highest BCUT2D eigenvalue weighted by atomic mass is 16.5. The van der Waals surface area contributed by atoms with Crippen LogP contribution in [0.15, 0.2) is 36.5 Å². The van der Waals surface area contributed by atoms with Gasteiger partial charge in [0.25, 0.3) is 0 Å². The number of benzene rings is 1. The van der Waals surface area contributed by atoms with Gasteiger partial charge in [0.1, 0.15) is 0 Å². The van der Waals surface area contributed by atoms with Crippen molar-refractivity contribution < 1.29 is 4.74 Å². The highest BCUT2D eigenvalue weighted by Crippen LogP contribution is 2.22. The maximum absolute atomic E-state index is 5.05. The molecule has 2 rings (SSSR count). The minimum atomic E-state index is 0.639. The molecular weight excluding hydrogens is 250 g/mol. The van der Waals surface area contributed by atoms with Crippen LogP contribution in [-0.2, 0) is 6.54 Å².